The van der Waals surface area contributed by atoms with Gasteiger partial charge in [-0.3, -0.25) is 0 Å². The molecular formula is C15H22N2O2. The van der Waals surface area contributed by atoms with E-state index in [9.17, 15) is 0 Å². The molecule has 2 aromatic heterocycles. The van der Waals surface area contributed by atoms with Crippen molar-refractivity contribution in [1.82, 2.24) is 9.38 Å². The van der Waals surface area contributed by atoms with Crippen molar-refractivity contribution in [2.24, 2.45) is 0 Å². The van der Waals surface area contributed by atoms with Crippen LogP contribution in [0.4, 0.5) is 0 Å². The second-order valence-corrected chi connectivity index (χ2v) is 4.71. The van der Waals surface area contributed by atoms with Crippen molar-refractivity contribution in [2.45, 2.75) is 38.4 Å². The number of hydrogen-bond donors (Lipinski definition) is 0. The summed E-state index contributed by atoms with van der Waals surface area (Å²) in [4.78, 5) is 4.18. The lowest BCUT2D eigenvalue weighted by Crippen LogP contribution is -2.12. The van der Waals surface area contributed by atoms with Crippen LogP contribution >= 0.6 is 0 Å². The van der Waals surface area contributed by atoms with Crippen molar-refractivity contribution < 1.29 is 9.47 Å². The van der Waals surface area contributed by atoms with Crippen molar-refractivity contribution in [3.05, 3.63) is 36.4 Å². The summed E-state index contributed by atoms with van der Waals surface area (Å²) < 4.78 is 12.5. The topological polar surface area (TPSA) is 35.8 Å². The molecular weight excluding hydrogens is 240 g/mol. The summed E-state index contributed by atoms with van der Waals surface area (Å²) in [5, 5.41) is 0. The van der Waals surface area contributed by atoms with Gasteiger partial charge >= 0.3 is 0 Å². The molecule has 4 heteroatoms. The lowest BCUT2D eigenvalue weighted by molar-refractivity contribution is -0.107. The average Bonchev–Trinajstić information content (AvgIpc) is 2.92. The van der Waals surface area contributed by atoms with Crippen molar-refractivity contribution in [1.29, 1.82) is 0 Å². The van der Waals surface area contributed by atoms with Gasteiger partial charge in [0.1, 0.15) is 0 Å². The molecule has 104 valence electrons. The molecule has 0 aliphatic carbocycles. The zero-order valence-electron chi connectivity index (χ0n) is 11.7. The van der Waals surface area contributed by atoms with Crippen LogP contribution in [0.1, 0.15) is 31.4 Å². The first-order chi connectivity index (χ1) is 9.35. The summed E-state index contributed by atoms with van der Waals surface area (Å²) in [5.41, 5.74) is 2.49. The number of aryl methyl sites for hydroxylation is 1. The highest BCUT2D eigenvalue weighted by molar-refractivity contribution is 5.45. The highest BCUT2D eigenvalue weighted by Gasteiger charge is 2.04. The van der Waals surface area contributed by atoms with Crippen LogP contribution in [-0.2, 0) is 15.9 Å². The monoisotopic (exact) mass is 262 g/mol. The zero-order chi connectivity index (χ0) is 13.5. The molecule has 0 aromatic carbocycles. The van der Waals surface area contributed by atoms with E-state index in [0.717, 1.165) is 24.8 Å². The number of fused-ring (bicyclic) bond motifs is 1. The molecule has 0 bridgehead atoms. The number of rotatable bonds is 8. The summed E-state index contributed by atoms with van der Waals surface area (Å²) in [7, 11) is 3.38. The maximum atomic E-state index is 5.18. The molecule has 0 fully saturated rings. The maximum absolute atomic E-state index is 5.18. The standard InChI is InChI=1S/C15H22N2O2/c1-18-15(19-2)10-5-3-4-7-13-8-6-9-14-11-16-12-17(13)14/h6,8-9,11-12,15H,3-5,7,10H2,1-2H3. The lowest BCUT2D eigenvalue weighted by Gasteiger charge is -2.12. The number of unbranched alkanes of at least 4 members (excludes halogenated alkanes) is 2. The Labute approximate surface area is 114 Å². The number of nitrogens with zero attached hydrogens (tertiary/aromatic N) is 2. The summed E-state index contributed by atoms with van der Waals surface area (Å²) in [5.74, 6) is 0. The minimum absolute atomic E-state index is 0.0583. The average molecular weight is 262 g/mol. The lowest BCUT2D eigenvalue weighted by atomic mass is 10.1. The molecule has 0 aliphatic heterocycles. The van der Waals surface area contributed by atoms with E-state index in [1.54, 1.807) is 14.2 Å². The summed E-state index contributed by atoms with van der Waals surface area (Å²) in [6.45, 7) is 0. The molecule has 0 atom stereocenters. The van der Waals surface area contributed by atoms with Crippen molar-refractivity contribution in [3.63, 3.8) is 0 Å². The normalized spacial score (nSPS) is 11.5. The molecule has 0 radical (unpaired) electrons. The van der Waals surface area contributed by atoms with Gasteiger partial charge in [0.05, 0.1) is 18.0 Å². The van der Waals surface area contributed by atoms with Gasteiger partial charge in [0.25, 0.3) is 0 Å². The molecule has 0 aliphatic rings. The maximum Gasteiger partial charge on any atom is 0.156 e. The van der Waals surface area contributed by atoms with Crippen molar-refractivity contribution in [2.75, 3.05) is 14.2 Å². The fraction of sp³-hybridized carbons (Fsp3) is 0.533. The molecule has 2 heterocycles. The van der Waals surface area contributed by atoms with Crippen LogP contribution in [0.5, 0.6) is 0 Å². The van der Waals surface area contributed by atoms with Gasteiger partial charge < -0.3 is 13.9 Å². The Morgan fingerprint density at radius 1 is 1.16 bits per heavy atom. The van der Waals surface area contributed by atoms with Gasteiger partial charge in [-0.15, -0.1) is 0 Å². The SMILES string of the molecule is COC(CCCCCc1cccc2cncn12)OC. The fourth-order valence-electron chi connectivity index (χ4n) is 2.34. The highest BCUT2D eigenvalue weighted by atomic mass is 16.7. The fourth-order valence-corrected chi connectivity index (χ4v) is 2.34. The van der Waals surface area contributed by atoms with E-state index in [4.69, 9.17) is 9.47 Å². The van der Waals surface area contributed by atoms with E-state index >= 15 is 0 Å². The molecule has 0 saturated carbocycles. The molecule has 0 saturated heterocycles. The van der Waals surface area contributed by atoms with Gasteiger partial charge in [-0.25, -0.2) is 4.98 Å². The van der Waals surface area contributed by atoms with E-state index < -0.39 is 0 Å². The number of aromatic nitrogens is 2. The molecule has 2 rings (SSSR count). The van der Waals surface area contributed by atoms with Crippen LogP contribution in [0, 0.1) is 0 Å². The zero-order valence-corrected chi connectivity index (χ0v) is 11.7. The molecule has 0 spiro atoms. The van der Waals surface area contributed by atoms with Gasteiger partial charge in [-0.1, -0.05) is 12.5 Å². The van der Waals surface area contributed by atoms with E-state index in [0.29, 0.717) is 0 Å². The molecule has 2 aromatic rings. The van der Waals surface area contributed by atoms with Gasteiger partial charge in [0, 0.05) is 19.9 Å². The Hall–Kier alpha value is -1.39. The first kappa shape index (κ1) is 14.0. The largest absolute Gasteiger partial charge is 0.356 e. The Bertz CT molecular complexity index is 492. The third-order valence-corrected chi connectivity index (χ3v) is 3.43. The van der Waals surface area contributed by atoms with Gasteiger partial charge in [-0.2, -0.15) is 0 Å². The Morgan fingerprint density at radius 2 is 2.00 bits per heavy atom. The second kappa shape index (κ2) is 7.26. The number of hydrogen-bond acceptors (Lipinski definition) is 3. The number of imidazole rings is 1. The van der Waals surface area contributed by atoms with Crippen LogP contribution in [0.15, 0.2) is 30.7 Å². The Morgan fingerprint density at radius 3 is 2.79 bits per heavy atom. The molecule has 0 unspecified atom stereocenters. The first-order valence-corrected chi connectivity index (χ1v) is 6.80. The van der Waals surface area contributed by atoms with Crippen molar-refractivity contribution >= 4 is 5.52 Å². The molecule has 0 amide bonds. The van der Waals surface area contributed by atoms with E-state index in [-0.39, 0.29) is 6.29 Å². The van der Waals surface area contributed by atoms with Crippen LogP contribution in [0.2, 0.25) is 0 Å². The third-order valence-electron chi connectivity index (χ3n) is 3.43. The van der Waals surface area contributed by atoms with E-state index in [1.807, 2.05) is 12.5 Å². The minimum atomic E-state index is -0.0583. The van der Waals surface area contributed by atoms with Crippen LogP contribution in [0.3, 0.4) is 0 Å². The summed E-state index contributed by atoms with van der Waals surface area (Å²) in [6.07, 6.45) is 9.26. The second-order valence-electron chi connectivity index (χ2n) is 4.71. The van der Waals surface area contributed by atoms with Gasteiger partial charge in [-0.05, 0) is 37.8 Å². The Balaban J connectivity index is 1.75. The predicted octanol–water partition coefficient (Wildman–Crippen LogP) is 3.06. The van der Waals surface area contributed by atoms with Gasteiger partial charge in [0.15, 0.2) is 6.29 Å². The minimum Gasteiger partial charge on any atom is -0.356 e. The highest BCUT2D eigenvalue weighted by Crippen LogP contribution is 2.12. The first-order valence-electron chi connectivity index (χ1n) is 6.80. The van der Waals surface area contributed by atoms with Crippen LogP contribution in [0.25, 0.3) is 5.52 Å². The van der Waals surface area contributed by atoms with E-state index in [1.165, 1.54) is 18.5 Å². The summed E-state index contributed by atoms with van der Waals surface area (Å²) in [6, 6.07) is 6.35. The Kier molecular flexibility index (Phi) is 5.36. The quantitative estimate of drug-likeness (QED) is 0.542. The number of methoxy groups -OCH3 is 2. The number of ether oxygens (including phenoxy) is 2. The van der Waals surface area contributed by atoms with Crippen molar-refractivity contribution in [3.8, 4) is 0 Å². The van der Waals surface area contributed by atoms with Crippen LogP contribution in [-0.4, -0.2) is 29.9 Å². The number of pyridine rings is 1. The molecule has 19 heavy (non-hydrogen) atoms. The van der Waals surface area contributed by atoms with Crippen LogP contribution < -0.4 is 0 Å². The molecule has 4 nitrogen and oxygen atoms in total. The summed E-state index contributed by atoms with van der Waals surface area (Å²) >= 11 is 0. The predicted molar refractivity (Wildman–Crippen MR) is 75.2 cm³/mol. The molecule has 0 N–H and O–H groups in total. The van der Waals surface area contributed by atoms with E-state index in [2.05, 4.69) is 27.6 Å². The third kappa shape index (κ3) is 3.78. The smallest absolute Gasteiger partial charge is 0.156 e. The van der Waals surface area contributed by atoms with Gasteiger partial charge in [0.2, 0.25) is 0 Å².